The highest BCUT2D eigenvalue weighted by molar-refractivity contribution is 7.98. The second-order valence-electron chi connectivity index (χ2n) is 12.7. The molecule has 4 aliphatic heterocycles. The van der Waals surface area contributed by atoms with E-state index >= 15 is 4.39 Å². The second-order valence-corrected chi connectivity index (χ2v) is 13.8. The Bertz CT molecular complexity index is 1550. The highest BCUT2D eigenvalue weighted by atomic mass is 32.2. The molecule has 2 N–H and O–H groups in total. The number of nitrogens with one attached hydrogen (secondary N) is 1. The van der Waals surface area contributed by atoms with E-state index in [4.69, 9.17) is 9.72 Å². The normalized spacial score (nSPS) is 30.3. The smallest absolute Gasteiger partial charge is 0.319 e. The Morgan fingerprint density at radius 2 is 2.00 bits per heavy atom. The van der Waals surface area contributed by atoms with Gasteiger partial charge in [-0.2, -0.15) is 21.7 Å². The molecule has 0 spiro atoms. The maximum absolute atomic E-state index is 16.7. The number of halogens is 2. The summed E-state index contributed by atoms with van der Waals surface area (Å²) < 4.78 is 37.4. The number of phenolic OH excluding ortho intramolecular Hbond substituents is 1. The van der Waals surface area contributed by atoms with Gasteiger partial charge >= 0.3 is 6.01 Å². The average Bonchev–Trinajstić information content (AvgIpc) is 3.73. The largest absolute Gasteiger partial charge is 0.508 e. The fourth-order valence-electron chi connectivity index (χ4n) is 8.28. The van der Waals surface area contributed by atoms with Gasteiger partial charge in [0.05, 0.1) is 10.9 Å². The molecule has 6 heterocycles. The Morgan fingerprint density at radius 3 is 2.81 bits per heavy atom. The molecule has 0 saturated carbocycles. The highest BCUT2D eigenvalue weighted by Crippen LogP contribution is 2.47. The van der Waals surface area contributed by atoms with Crippen LogP contribution in [0, 0.1) is 5.82 Å². The molecule has 11 heteroatoms. The number of fused-ring (bicyclic) bond motifs is 5. The maximum Gasteiger partial charge on any atom is 0.319 e. The molecule has 2 bridgehead atoms. The number of phenols is 1. The summed E-state index contributed by atoms with van der Waals surface area (Å²) in [4.78, 5) is 18.6. The Morgan fingerprint density at radius 1 is 1.17 bits per heavy atom. The van der Waals surface area contributed by atoms with Gasteiger partial charge in [-0.05, 0) is 74.6 Å². The summed E-state index contributed by atoms with van der Waals surface area (Å²) in [5.74, 6) is 0.202. The standard InChI is InChI=1S/C31H36F2N6O2S/c1-42-24-6-3-17-9-21(40)10-22(25(17)24)27-26(33)28-23(12-34-27)29(38-14-19-4-5-20(15-38)35-19)37-30(36-28)41-16-31-7-2-8-39(31)13-18(32)11-31/h9-10,12,18-20,24,35,40H,2-8,11,13-16H2,1H3/t18-,19-,20+,24?,31+/m1/s1. The molecule has 3 aromatic rings. The predicted molar refractivity (Wildman–Crippen MR) is 160 cm³/mol. The van der Waals surface area contributed by atoms with Gasteiger partial charge in [0.25, 0.3) is 0 Å². The zero-order chi connectivity index (χ0) is 28.6. The molecule has 4 fully saturated rings. The Hall–Kier alpha value is -2.76. The quantitative estimate of drug-likeness (QED) is 0.419. The topological polar surface area (TPSA) is 86.6 Å². The van der Waals surface area contributed by atoms with Crippen molar-refractivity contribution >= 4 is 28.5 Å². The number of ether oxygens (including phenoxy) is 1. The van der Waals surface area contributed by atoms with Crippen LogP contribution in [0.5, 0.6) is 11.8 Å². The molecule has 42 heavy (non-hydrogen) atoms. The van der Waals surface area contributed by atoms with Crippen molar-refractivity contribution in [3.63, 3.8) is 0 Å². The van der Waals surface area contributed by atoms with Crippen LogP contribution in [0.1, 0.15) is 54.9 Å². The molecule has 4 saturated heterocycles. The van der Waals surface area contributed by atoms with E-state index in [1.165, 1.54) is 0 Å². The summed E-state index contributed by atoms with van der Waals surface area (Å²) in [6.07, 6.45) is 9.19. The third-order valence-corrected chi connectivity index (χ3v) is 11.2. The van der Waals surface area contributed by atoms with Crippen molar-refractivity contribution in [1.82, 2.24) is 25.2 Å². The molecule has 5 atom stereocenters. The minimum absolute atomic E-state index is 0.110. The first-order chi connectivity index (χ1) is 20.4. The van der Waals surface area contributed by atoms with Gasteiger partial charge in [-0.1, -0.05) is 0 Å². The number of aromatic nitrogens is 3. The van der Waals surface area contributed by atoms with Crippen molar-refractivity contribution < 1.29 is 18.6 Å². The van der Waals surface area contributed by atoms with Gasteiger partial charge in [0, 0.05) is 55.1 Å². The number of piperazine rings is 1. The summed E-state index contributed by atoms with van der Waals surface area (Å²) in [7, 11) is 0. The predicted octanol–water partition coefficient (Wildman–Crippen LogP) is 4.78. The average molecular weight is 595 g/mol. The van der Waals surface area contributed by atoms with E-state index in [0.29, 0.717) is 41.8 Å². The van der Waals surface area contributed by atoms with Gasteiger partial charge in [0.2, 0.25) is 0 Å². The fourth-order valence-corrected chi connectivity index (χ4v) is 9.15. The molecule has 0 radical (unpaired) electrons. The molecule has 1 aliphatic carbocycles. The summed E-state index contributed by atoms with van der Waals surface area (Å²) >= 11 is 1.73. The van der Waals surface area contributed by atoms with Crippen LogP contribution < -0.4 is 15.0 Å². The molecular formula is C31H36F2N6O2S. The van der Waals surface area contributed by atoms with Gasteiger partial charge in [0.1, 0.15) is 35.6 Å². The minimum Gasteiger partial charge on any atom is -0.508 e. The van der Waals surface area contributed by atoms with Gasteiger partial charge in [-0.15, -0.1) is 0 Å². The third-order valence-electron chi connectivity index (χ3n) is 10.2. The molecule has 5 aliphatic rings. The number of thioether (sulfide) groups is 1. The first-order valence-corrected chi connectivity index (χ1v) is 16.5. The molecule has 222 valence electrons. The maximum atomic E-state index is 16.7. The molecule has 1 aromatic carbocycles. The molecule has 0 amide bonds. The van der Waals surface area contributed by atoms with Gasteiger partial charge in [-0.3, -0.25) is 9.88 Å². The van der Waals surface area contributed by atoms with E-state index in [1.54, 1.807) is 30.1 Å². The number of benzene rings is 1. The number of hydrogen-bond donors (Lipinski definition) is 2. The highest BCUT2D eigenvalue weighted by Gasteiger charge is 2.49. The van der Waals surface area contributed by atoms with Crippen LogP contribution in [-0.4, -0.2) is 87.8 Å². The van der Waals surface area contributed by atoms with Crippen molar-refractivity contribution in [2.75, 3.05) is 43.9 Å². The lowest BCUT2D eigenvalue weighted by Crippen LogP contribution is -2.51. The Balaban J connectivity index is 1.23. The third kappa shape index (κ3) is 4.33. The van der Waals surface area contributed by atoms with E-state index < -0.39 is 12.0 Å². The number of aromatic hydroxyl groups is 1. The summed E-state index contributed by atoms with van der Waals surface area (Å²) in [6, 6.07) is 4.25. The van der Waals surface area contributed by atoms with Crippen LogP contribution in [0.15, 0.2) is 18.3 Å². The van der Waals surface area contributed by atoms with Crippen LogP contribution >= 0.6 is 11.8 Å². The lowest BCUT2D eigenvalue weighted by molar-refractivity contribution is 0.107. The zero-order valence-electron chi connectivity index (χ0n) is 23.8. The first-order valence-electron chi connectivity index (χ1n) is 15.2. The van der Waals surface area contributed by atoms with Gasteiger partial charge in [-0.25, -0.2) is 8.78 Å². The Kier molecular flexibility index (Phi) is 6.49. The summed E-state index contributed by atoms with van der Waals surface area (Å²) in [6.45, 7) is 3.11. The van der Waals surface area contributed by atoms with E-state index in [1.807, 2.05) is 0 Å². The summed E-state index contributed by atoms with van der Waals surface area (Å²) in [5.41, 5.74) is 2.68. The SMILES string of the molecule is CSC1CCc2cc(O)cc(-c3ncc4c(N5C[C@H]6CC[C@@H](C5)N6)nc(OC[C@@]56CCCN5C[C@H](F)C6)nc4c3F)c21. The second kappa shape index (κ2) is 10.2. The first kappa shape index (κ1) is 26.8. The van der Waals surface area contributed by atoms with E-state index in [0.717, 1.165) is 69.3 Å². The monoisotopic (exact) mass is 594 g/mol. The van der Waals surface area contributed by atoms with Crippen molar-refractivity contribution in [3.8, 4) is 23.0 Å². The number of anilines is 1. The van der Waals surface area contributed by atoms with Gasteiger partial charge < -0.3 is 20.1 Å². The lowest BCUT2D eigenvalue weighted by atomic mass is 9.95. The van der Waals surface area contributed by atoms with E-state index in [2.05, 4.69) is 31.3 Å². The number of hydrogen-bond acceptors (Lipinski definition) is 9. The zero-order valence-corrected chi connectivity index (χ0v) is 24.6. The minimum atomic E-state index is -0.862. The fraction of sp³-hybridized carbons (Fsp3) is 0.581. The molecule has 8 rings (SSSR count). The van der Waals surface area contributed by atoms with Crippen LogP contribution in [0.2, 0.25) is 0 Å². The van der Waals surface area contributed by atoms with Crippen molar-refractivity contribution in [3.05, 3.63) is 35.3 Å². The number of pyridine rings is 1. The molecule has 8 nitrogen and oxygen atoms in total. The van der Waals surface area contributed by atoms with E-state index in [9.17, 15) is 9.50 Å². The number of nitrogens with zero attached hydrogens (tertiary/aromatic N) is 5. The molecular weight excluding hydrogens is 558 g/mol. The Labute approximate surface area is 248 Å². The molecule has 1 unspecified atom stereocenters. The van der Waals surface area contributed by atoms with Crippen LogP contribution in [-0.2, 0) is 6.42 Å². The van der Waals surface area contributed by atoms with Crippen LogP contribution in [0.25, 0.3) is 22.2 Å². The lowest BCUT2D eigenvalue weighted by Gasteiger charge is -2.34. The number of alkyl halides is 1. The number of rotatable bonds is 6. The van der Waals surface area contributed by atoms with Crippen LogP contribution in [0.3, 0.4) is 0 Å². The summed E-state index contributed by atoms with van der Waals surface area (Å²) in [5, 5.41) is 14.9. The molecule has 2 aromatic heterocycles. The number of aryl methyl sites for hydroxylation is 1. The van der Waals surface area contributed by atoms with E-state index in [-0.39, 0.29) is 40.4 Å². The van der Waals surface area contributed by atoms with Gasteiger partial charge in [0.15, 0.2) is 5.82 Å². The van der Waals surface area contributed by atoms with Crippen molar-refractivity contribution in [1.29, 1.82) is 0 Å². The van der Waals surface area contributed by atoms with Crippen molar-refractivity contribution in [2.45, 2.75) is 74.0 Å². The van der Waals surface area contributed by atoms with Crippen LogP contribution in [0.4, 0.5) is 14.6 Å². The van der Waals surface area contributed by atoms with Crippen molar-refractivity contribution in [2.24, 2.45) is 0 Å².